The van der Waals surface area contributed by atoms with Gasteiger partial charge in [0.05, 0.1) is 24.7 Å². The second-order valence-electron chi connectivity index (χ2n) is 4.94. The maximum Gasteiger partial charge on any atom is 0.416 e. The summed E-state index contributed by atoms with van der Waals surface area (Å²) in [4.78, 5) is 8.36. The highest BCUT2D eigenvalue weighted by Crippen LogP contribution is 2.36. The number of anilines is 1. The van der Waals surface area contributed by atoms with Crippen LogP contribution in [0, 0.1) is 2.88 Å². The van der Waals surface area contributed by atoms with Crippen LogP contribution >= 0.6 is 33.9 Å². The Morgan fingerprint density at radius 3 is 2.70 bits per heavy atom. The van der Waals surface area contributed by atoms with E-state index in [9.17, 15) is 13.2 Å². The van der Waals surface area contributed by atoms with Gasteiger partial charge in [-0.25, -0.2) is 9.97 Å². The van der Waals surface area contributed by atoms with Crippen molar-refractivity contribution in [2.24, 2.45) is 0 Å². The summed E-state index contributed by atoms with van der Waals surface area (Å²) >= 11 is 3.69. The SMILES string of the molecule is CC(Nc1ncnc2cc(I)sc12)c1ccccc1C(F)(F)F. The Morgan fingerprint density at radius 2 is 1.96 bits per heavy atom. The molecule has 3 rings (SSSR count). The number of hydrogen-bond donors (Lipinski definition) is 1. The van der Waals surface area contributed by atoms with Crippen molar-refractivity contribution in [3.8, 4) is 0 Å². The van der Waals surface area contributed by atoms with Gasteiger partial charge in [-0.2, -0.15) is 13.2 Å². The summed E-state index contributed by atoms with van der Waals surface area (Å²) in [7, 11) is 0. The summed E-state index contributed by atoms with van der Waals surface area (Å²) in [5.74, 6) is 0.549. The molecule has 0 saturated carbocycles. The Hall–Kier alpha value is -1.42. The normalized spacial score (nSPS) is 13.3. The van der Waals surface area contributed by atoms with Crippen molar-refractivity contribution in [3.05, 3.63) is 50.7 Å². The van der Waals surface area contributed by atoms with Crippen LogP contribution in [0.25, 0.3) is 10.2 Å². The Balaban J connectivity index is 1.97. The zero-order chi connectivity index (χ0) is 16.6. The molecule has 0 spiro atoms. The average Bonchev–Trinajstić information content (AvgIpc) is 2.88. The smallest absolute Gasteiger partial charge is 0.362 e. The number of benzene rings is 1. The lowest BCUT2D eigenvalue weighted by atomic mass is 10.0. The molecule has 1 aromatic carbocycles. The maximum absolute atomic E-state index is 13.2. The second kappa shape index (κ2) is 6.23. The highest BCUT2D eigenvalue weighted by Gasteiger charge is 2.34. The van der Waals surface area contributed by atoms with E-state index in [1.807, 2.05) is 6.07 Å². The molecule has 3 aromatic rings. The number of nitrogens with zero attached hydrogens (tertiary/aromatic N) is 2. The van der Waals surface area contributed by atoms with E-state index in [0.29, 0.717) is 5.82 Å². The largest absolute Gasteiger partial charge is 0.416 e. The van der Waals surface area contributed by atoms with E-state index in [4.69, 9.17) is 0 Å². The van der Waals surface area contributed by atoms with Gasteiger partial charge in [0, 0.05) is 0 Å². The third kappa shape index (κ3) is 3.42. The lowest BCUT2D eigenvalue weighted by Crippen LogP contribution is -2.15. The Bertz CT molecular complexity index is 847. The first kappa shape index (κ1) is 16.4. The van der Waals surface area contributed by atoms with E-state index >= 15 is 0 Å². The van der Waals surface area contributed by atoms with Crippen LogP contribution in [0.3, 0.4) is 0 Å². The molecule has 23 heavy (non-hydrogen) atoms. The molecule has 0 radical (unpaired) electrons. The van der Waals surface area contributed by atoms with Crippen molar-refractivity contribution in [3.63, 3.8) is 0 Å². The quantitative estimate of drug-likeness (QED) is 0.538. The van der Waals surface area contributed by atoms with Gasteiger partial charge in [-0.3, -0.25) is 0 Å². The van der Waals surface area contributed by atoms with Crippen molar-refractivity contribution < 1.29 is 13.2 Å². The van der Waals surface area contributed by atoms with Gasteiger partial charge in [0.2, 0.25) is 0 Å². The fourth-order valence-electron chi connectivity index (χ4n) is 2.34. The van der Waals surface area contributed by atoms with Crippen LogP contribution in [0.2, 0.25) is 0 Å². The summed E-state index contributed by atoms with van der Waals surface area (Å²) in [6.07, 6.45) is -2.97. The lowest BCUT2D eigenvalue weighted by Gasteiger charge is -2.20. The van der Waals surface area contributed by atoms with Crippen LogP contribution in [0.1, 0.15) is 24.1 Å². The van der Waals surface area contributed by atoms with E-state index < -0.39 is 17.8 Å². The minimum absolute atomic E-state index is 0.193. The standard InChI is InChI=1S/C15H11F3IN3S/c1-8(9-4-2-3-5-10(9)15(16,17)18)22-14-13-11(20-7-21-14)6-12(19)23-13/h2-8H,1H3,(H,20,21,22). The van der Waals surface area contributed by atoms with E-state index in [2.05, 4.69) is 37.9 Å². The van der Waals surface area contributed by atoms with Crippen molar-refractivity contribution in [2.75, 3.05) is 5.32 Å². The molecule has 0 bridgehead atoms. The molecule has 1 N–H and O–H groups in total. The topological polar surface area (TPSA) is 37.8 Å². The highest BCUT2D eigenvalue weighted by atomic mass is 127. The summed E-state index contributed by atoms with van der Waals surface area (Å²) in [5.41, 5.74) is 0.345. The van der Waals surface area contributed by atoms with Gasteiger partial charge < -0.3 is 5.32 Å². The zero-order valence-electron chi connectivity index (χ0n) is 11.9. The Labute approximate surface area is 148 Å². The molecular weight excluding hydrogens is 438 g/mol. The van der Waals surface area contributed by atoms with E-state index in [0.717, 1.165) is 19.2 Å². The predicted molar refractivity (Wildman–Crippen MR) is 93.6 cm³/mol. The number of rotatable bonds is 3. The van der Waals surface area contributed by atoms with Gasteiger partial charge in [0.1, 0.15) is 12.1 Å². The molecule has 120 valence electrons. The monoisotopic (exact) mass is 449 g/mol. The van der Waals surface area contributed by atoms with Crippen LogP contribution in [-0.4, -0.2) is 9.97 Å². The molecule has 8 heteroatoms. The molecule has 3 nitrogen and oxygen atoms in total. The number of thiophene rings is 1. The van der Waals surface area contributed by atoms with Gasteiger partial charge in [-0.1, -0.05) is 18.2 Å². The number of aromatic nitrogens is 2. The summed E-state index contributed by atoms with van der Waals surface area (Å²) in [6, 6.07) is 6.96. The third-order valence-corrected chi connectivity index (χ3v) is 5.26. The molecule has 1 atom stereocenters. The zero-order valence-corrected chi connectivity index (χ0v) is 14.8. The van der Waals surface area contributed by atoms with E-state index in [1.165, 1.54) is 29.8 Å². The highest BCUT2D eigenvalue weighted by molar-refractivity contribution is 14.1. The van der Waals surface area contributed by atoms with Gasteiger partial charge in [-0.15, -0.1) is 11.3 Å². The van der Waals surface area contributed by atoms with Gasteiger partial charge >= 0.3 is 6.18 Å². The summed E-state index contributed by atoms with van der Waals surface area (Å²) < 4.78 is 41.3. The average molecular weight is 449 g/mol. The molecule has 0 amide bonds. The van der Waals surface area contributed by atoms with Gasteiger partial charge in [0.15, 0.2) is 0 Å². The van der Waals surface area contributed by atoms with E-state index in [1.54, 1.807) is 13.0 Å². The Morgan fingerprint density at radius 1 is 1.22 bits per heavy atom. The molecule has 2 aromatic heterocycles. The van der Waals surface area contributed by atoms with Crippen molar-refractivity contribution in [1.82, 2.24) is 9.97 Å². The minimum atomic E-state index is -4.38. The number of halogens is 4. The first-order valence-corrected chi connectivity index (χ1v) is 8.58. The van der Waals surface area contributed by atoms with Crippen molar-refractivity contribution in [1.29, 1.82) is 0 Å². The Kier molecular flexibility index (Phi) is 4.45. The lowest BCUT2D eigenvalue weighted by molar-refractivity contribution is -0.138. The fraction of sp³-hybridized carbons (Fsp3) is 0.200. The first-order valence-electron chi connectivity index (χ1n) is 6.69. The number of fused-ring (bicyclic) bond motifs is 1. The number of nitrogens with one attached hydrogen (secondary N) is 1. The molecule has 0 aliphatic carbocycles. The fourth-order valence-corrected chi connectivity index (χ4v) is 4.09. The molecule has 0 aliphatic rings. The molecule has 1 unspecified atom stereocenters. The van der Waals surface area contributed by atoms with Crippen molar-refractivity contribution in [2.45, 2.75) is 19.1 Å². The predicted octanol–water partition coefficient (Wildman–Crippen LogP) is 5.49. The van der Waals surface area contributed by atoms with Crippen LogP contribution < -0.4 is 5.32 Å². The molecule has 2 heterocycles. The second-order valence-corrected chi connectivity index (χ2v) is 7.88. The maximum atomic E-state index is 13.2. The number of hydrogen-bond acceptors (Lipinski definition) is 4. The van der Waals surface area contributed by atoms with Crippen molar-refractivity contribution >= 4 is 50.0 Å². The van der Waals surface area contributed by atoms with Crippen LogP contribution in [0.15, 0.2) is 36.7 Å². The minimum Gasteiger partial charge on any atom is -0.362 e. The van der Waals surface area contributed by atoms with Gasteiger partial charge in [0.25, 0.3) is 0 Å². The van der Waals surface area contributed by atoms with Crippen LogP contribution in [-0.2, 0) is 6.18 Å². The summed E-state index contributed by atoms with van der Waals surface area (Å²) in [5, 5.41) is 3.08. The van der Waals surface area contributed by atoms with Gasteiger partial charge in [-0.05, 0) is 47.2 Å². The molecule has 0 saturated heterocycles. The molecule has 0 aliphatic heterocycles. The summed E-state index contributed by atoms with van der Waals surface area (Å²) in [6.45, 7) is 1.69. The molecular formula is C15H11F3IN3S. The first-order chi connectivity index (χ1) is 10.9. The van der Waals surface area contributed by atoms with E-state index in [-0.39, 0.29) is 5.56 Å². The van der Waals surface area contributed by atoms with Crippen LogP contribution in [0.5, 0.6) is 0 Å². The number of alkyl halides is 3. The van der Waals surface area contributed by atoms with Crippen LogP contribution in [0.4, 0.5) is 19.0 Å². The molecule has 0 fully saturated rings. The third-order valence-electron chi connectivity index (χ3n) is 3.37.